The summed E-state index contributed by atoms with van der Waals surface area (Å²) in [6, 6.07) is 23.1. The number of anilines is 2. The molecule has 4 N–H and O–H groups in total. The van der Waals surface area contributed by atoms with Gasteiger partial charge in [0.1, 0.15) is 5.75 Å². The minimum atomic E-state index is 0.617. The fourth-order valence-electron chi connectivity index (χ4n) is 2.21. The molecule has 0 aliphatic carbocycles. The molecule has 0 saturated heterocycles. The Morgan fingerprint density at radius 1 is 0.714 bits per heavy atom. The van der Waals surface area contributed by atoms with Crippen LogP contribution in [0.1, 0.15) is 0 Å². The molecule has 3 rings (SSSR count). The second-order valence-electron chi connectivity index (χ2n) is 4.76. The summed E-state index contributed by atoms with van der Waals surface area (Å²) in [4.78, 5) is 0. The molecule has 0 bridgehead atoms. The van der Waals surface area contributed by atoms with Crippen molar-refractivity contribution in [2.45, 2.75) is 0 Å². The molecule has 3 aromatic carbocycles. The summed E-state index contributed by atoms with van der Waals surface area (Å²) in [6.45, 7) is 0. The van der Waals surface area contributed by atoms with Gasteiger partial charge in [-0.25, -0.2) is 0 Å². The molecule has 104 valence electrons. The predicted molar refractivity (Wildman–Crippen MR) is 87.2 cm³/mol. The predicted octanol–water partition coefficient (Wildman–Crippen LogP) is 4.31. The number of nitrogens with two attached hydrogens (primary N) is 2. The second kappa shape index (κ2) is 5.59. The summed E-state index contributed by atoms with van der Waals surface area (Å²) in [5.74, 6) is 1.30. The first kappa shape index (κ1) is 13.1. The molecule has 0 amide bonds. The summed E-state index contributed by atoms with van der Waals surface area (Å²) in [7, 11) is 0. The van der Waals surface area contributed by atoms with Crippen LogP contribution >= 0.6 is 0 Å². The van der Waals surface area contributed by atoms with Gasteiger partial charge < -0.3 is 16.2 Å². The van der Waals surface area contributed by atoms with Crippen molar-refractivity contribution in [1.82, 2.24) is 0 Å². The Hall–Kier alpha value is -2.94. The van der Waals surface area contributed by atoms with E-state index >= 15 is 0 Å². The van der Waals surface area contributed by atoms with Gasteiger partial charge in [-0.15, -0.1) is 0 Å². The van der Waals surface area contributed by atoms with Crippen molar-refractivity contribution in [1.29, 1.82) is 0 Å². The van der Waals surface area contributed by atoms with Crippen LogP contribution < -0.4 is 16.2 Å². The van der Waals surface area contributed by atoms with Crippen molar-refractivity contribution in [3.8, 4) is 22.6 Å². The fraction of sp³-hybridized carbons (Fsp3) is 0. The van der Waals surface area contributed by atoms with Crippen LogP contribution in [-0.4, -0.2) is 0 Å². The second-order valence-corrected chi connectivity index (χ2v) is 4.76. The van der Waals surface area contributed by atoms with Crippen molar-refractivity contribution in [3.05, 3.63) is 72.8 Å². The van der Waals surface area contributed by atoms with Gasteiger partial charge in [0.2, 0.25) is 0 Å². The van der Waals surface area contributed by atoms with Crippen LogP contribution in [0.5, 0.6) is 11.5 Å². The Balaban J connectivity index is 1.97. The van der Waals surface area contributed by atoms with Crippen molar-refractivity contribution in [2.24, 2.45) is 0 Å². The van der Waals surface area contributed by atoms with E-state index in [1.54, 1.807) is 6.07 Å². The molecule has 0 heterocycles. The maximum absolute atomic E-state index is 6.24. The molecular weight excluding hydrogens is 260 g/mol. The first-order valence-corrected chi connectivity index (χ1v) is 6.71. The number of para-hydroxylation sites is 1. The lowest BCUT2D eigenvalue weighted by Crippen LogP contribution is -1.95. The highest BCUT2D eigenvalue weighted by molar-refractivity contribution is 5.80. The molecule has 3 aromatic rings. The molecule has 0 aromatic heterocycles. The number of nitrogen functional groups attached to an aromatic ring is 2. The highest BCUT2D eigenvalue weighted by Gasteiger charge is 2.08. The van der Waals surface area contributed by atoms with Gasteiger partial charge in [-0.2, -0.15) is 0 Å². The van der Waals surface area contributed by atoms with E-state index < -0.39 is 0 Å². The first-order valence-electron chi connectivity index (χ1n) is 6.71. The van der Waals surface area contributed by atoms with Gasteiger partial charge in [-0.3, -0.25) is 0 Å². The molecular formula is C18H16N2O. The van der Waals surface area contributed by atoms with Crippen LogP contribution in [0.25, 0.3) is 11.1 Å². The number of rotatable bonds is 3. The molecule has 0 fully saturated rings. The minimum Gasteiger partial charge on any atom is -0.455 e. The van der Waals surface area contributed by atoms with Gasteiger partial charge in [-0.1, -0.05) is 48.5 Å². The number of benzene rings is 3. The lowest BCUT2D eigenvalue weighted by Gasteiger charge is -2.12. The van der Waals surface area contributed by atoms with Crippen LogP contribution in [0.3, 0.4) is 0 Å². The summed E-state index contributed by atoms with van der Waals surface area (Å²) in [5.41, 5.74) is 15.3. The summed E-state index contributed by atoms with van der Waals surface area (Å²) < 4.78 is 5.85. The van der Waals surface area contributed by atoms with Gasteiger partial charge in [-0.05, 0) is 23.8 Å². The smallest absolute Gasteiger partial charge is 0.150 e. The summed E-state index contributed by atoms with van der Waals surface area (Å²) in [6.07, 6.45) is 0. The Bertz CT molecular complexity index is 754. The number of hydrogen-bond donors (Lipinski definition) is 2. The molecule has 0 saturated carbocycles. The summed E-state index contributed by atoms with van der Waals surface area (Å²) in [5, 5.41) is 0. The van der Waals surface area contributed by atoms with Crippen LogP contribution in [-0.2, 0) is 0 Å². The monoisotopic (exact) mass is 276 g/mol. The van der Waals surface area contributed by atoms with E-state index in [0.29, 0.717) is 22.9 Å². The standard InChI is InChI=1S/C18H16N2O/c19-14-8-4-9-15(12-14)21-17-11-5-10-16(18(17)20)13-6-2-1-3-7-13/h1-12H,19-20H2. The van der Waals surface area contributed by atoms with Gasteiger partial charge in [0.15, 0.2) is 5.75 Å². The fourth-order valence-corrected chi connectivity index (χ4v) is 2.21. The van der Waals surface area contributed by atoms with Crippen LogP contribution in [0.4, 0.5) is 11.4 Å². The molecule has 0 spiro atoms. The van der Waals surface area contributed by atoms with E-state index in [1.165, 1.54) is 0 Å². The number of ether oxygens (including phenoxy) is 1. The Morgan fingerprint density at radius 2 is 1.48 bits per heavy atom. The molecule has 0 radical (unpaired) electrons. The van der Waals surface area contributed by atoms with Crippen molar-refractivity contribution in [3.63, 3.8) is 0 Å². The maximum atomic E-state index is 6.24. The van der Waals surface area contributed by atoms with E-state index in [2.05, 4.69) is 0 Å². The quantitative estimate of drug-likeness (QED) is 0.701. The molecule has 3 heteroatoms. The zero-order valence-corrected chi connectivity index (χ0v) is 11.5. The average molecular weight is 276 g/mol. The molecule has 0 atom stereocenters. The number of hydrogen-bond acceptors (Lipinski definition) is 3. The van der Waals surface area contributed by atoms with E-state index in [1.807, 2.05) is 66.7 Å². The third-order valence-electron chi connectivity index (χ3n) is 3.24. The highest BCUT2D eigenvalue weighted by Crippen LogP contribution is 2.35. The highest BCUT2D eigenvalue weighted by atomic mass is 16.5. The van der Waals surface area contributed by atoms with Crippen LogP contribution in [0, 0.1) is 0 Å². The van der Waals surface area contributed by atoms with Gasteiger partial charge in [0.05, 0.1) is 5.69 Å². The lowest BCUT2D eigenvalue weighted by atomic mass is 10.0. The van der Waals surface area contributed by atoms with Gasteiger partial charge in [0, 0.05) is 17.3 Å². The Morgan fingerprint density at radius 3 is 2.24 bits per heavy atom. The molecule has 3 nitrogen and oxygen atoms in total. The SMILES string of the molecule is Nc1cccc(Oc2cccc(-c3ccccc3)c2N)c1. The van der Waals surface area contributed by atoms with Crippen molar-refractivity contribution >= 4 is 11.4 Å². The van der Waals surface area contributed by atoms with Crippen molar-refractivity contribution in [2.75, 3.05) is 11.5 Å². The lowest BCUT2D eigenvalue weighted by molar-refractivity contribution is 0.485. The van der Waals surface area contributed by atoms with Gasteiger partial charge in [0.25, 0.3) is 0 Å². The van der Waals surface area contributed by atoms with Gasteiger partial charge >= 0.3 is 0 Å². The third kappa shape index (κ3) is 2.82. The molecule has 21 heavy (non-hydrogen) atoms. The van der Waals surface area contributed by atoms with E-state index in [0.717, 1.165) is 11.1 Å². The van der Waals surface area contributed by atoms with E-state index in [4.69, 9.17) is 16.2 Å². The maximum Gasteiger partial charge on any atom is 0.150 e. The average Bonchev–Trinajstić information content (AvgIpc) is 2.50. The Kier molecular flexibility index (Phi) is 3.48. The van der Waals surface area contributed by atoms with Crippen LogP contribution in [0.15, 0.2) is 72.8 Å². The van der Waals surface area contributed by atoms with E-state index in [9.17, 15) is 0 Å². The topological polar surface area (TPSA) is 61.3 Å². The third-order valence-corrected chi connectivity index (χ3v) is 3.24. The van der Waals surface area contributed by atoms with Crippen molar-refractivity contribution < 1.29 is 4.74 Å². The zero-order valence-electron chi connectivity index (χ0n) is 11.5. The molecule has 0 unspecified atom stereocenters. The zero-order chi connectivity index (χ0) is 14.7. The molecule has 0 aliphatic rings. The molecule has 0 aliphatic heterocycles. The van der Waals surface area contributed by atoms with E-state index in [-0.39, 0.29) is 0 Å². The van der Waals surface area contributed by atoms with Crippen LogP contribution in [0.2, 0.25) is 0 Å². The largest absolute Gasteiger partial charge is 0.455 e. The first-order chi connectivity index (χ1) is 10.2. The normalized spacial score (nSPS) is 10.3. The summed E-state index contributed by atoms with van der Waals surface area (Å²) >= 11 is 0. The minimum absolute atomic E-state index is 0.617. The Labute approximate surface area is 123 Å².